The molecule has 0 aromatic carbocycles. The number of piperidine rings is 1. The standard InChI is InChI=1S/C21H31N5O/c1-21(2,3)19-10-20(27)25(15-23-19)12-16-6-8-24(9-7-16)13-18-11-22-14-26(18)17-4-5-17/h10-11,14-17H,4-9,12-13H2,1-3H3. The monoisotopic (exact) mass is 369 g/mol. The number of likely N-dealkylation sites (tertiary alicyclic amines) is 1. The molecule has 1 saturated carbocycles. The second-order valence-electron chi connectivity index (χ2n) is 9.26. The molecule has 2 aromatic rings. The fraction of sp³-hybridized carbons (Fsp3) is 0.667. The molecule has 2 aromatic heterocycles. The van der Waals surface area contributed by atoms with Gasteiger partial charge in [-0.3, -0.25) is 14.3 Å². The quantitative estimate of drug-likeness (QED) is 0.813. The zero-order chi connectivity index (χ0) is 19.0. The van der Waals surface area contributed by atoms with Crippen LogP contribution in [0.15, 0.2) is 29.7 Å². The molecule has 0 radical (unpaired) electrons. The second-order valence-corrected chi connectivity index (χ2v) is 9.26. The highest BCUT2D eigenvalue weighted by molar-refractivity contribution is 5.10. The molecule has 0 amide bonds. The lowest BCUT2D eigenvalue weighted by Crippen LogP contribution is -2.36. The topological polar surface area (TPSA) is 56.0 Å². The first-order valence-electron chi connectivity index (χ1n) is 10.2. The van der Waals surface area contributed by atoms with E-state index in [4.69, 9.17) is 0 Å². The normalized spacial score (nSPS) is 19.5. The van der Waals surface area contributed by atoms with Crippen LogP contribution in [0.5, 0.6) is 0 Å². The minimum absolute atomic E-state index is 0.0747. The fourth-order valence-electron chi connectivity index (χ4n) is 3.94. The van der Waals surface area contributed by atoms with Crippen molar-refractivity contribution in [2.75, 3.05) is 13.1 Å². The Morgan fingerprint density at radius 3 is 2.48 bits per heavy atom. The van der Waals surface area contributed by atoms with E-state index in [-0.39, 0.29) is 11.0 Å². The molecular formula is C21H31N5O. The van der Waals surface area contributed by atoms with Gasteiger partial charge >= 0.3 is 0 Å². The van der Waals surface area contributed by atoms with Crippen molar-refractivity contribution in [3.8, 4) is 0 Å². The van der Waals surface area contributed by atoms with E-state index < -0.39 is 0 Å². The number of rotatable bonds is 5. The van der Waals surface area contributed by atoms with Gasteiger partial charge < -0.3 is 4.57 Å². The molecule has 0 atom stereocenters. The summed E-state index contributed by atoms with van der Waals surface area (Å²) >= 11 is 0. The van der Waals surface area contributed by atoms with Gasteiger partial charge in [0.1, 0.15) is 0 Å². The molecule has 27 heavy (non-hydrogen) atoms. The highest BCUT2D eigenvalue weighted by Crippen LogP contribution is 2.36. The van der Waals surface area contributed by atoms with Crippen LogP contribution in [0.2, 0.25) is 0 Å². The molecule has 2 fully saturated rings. The van der Waals surface area contributed by atoms with Crippen molar-refractivity contribution in [3.63, 3.8) is 0 Å². The molecule has 2 aliphatic rings. The molecule has 3 heterocycles. The maximum atomic E-state index is 12.4. The van der Waals surface area contributed by atoms with Gasteiger partial charge in [0.25, 0.3) is 5.56 Å². The third-order valence-corrected chi connectivity index (χ3v) is 5.88. The van der Waals surface area contributed by atoms with E-state index in [2.05, 4.69) is 40.2 Å². The SMILES string of the molecule is CC(C)(C)c1cc(=O)n(CC2CCN(Cc3cncn3C3CC3)CC2)cn1. The Labute approximate surface area is 161 Å². The van der Waals surface area contributed by atoms with Crippen LogP contribution in [0.25, 0.3) is 0 Å². The molecule has 146 valence electrons. The van der Waals surface area contributed by atoms with E-state index in [0.717, 1.165) is 44.7 Å². The second kappa shape index (κ2) is 7.23. The van der Waals surface area contributed by atoms with Crippen LogP contribution < -0.4 is 5.56 Å². The largest absolute Gasteiger partial charge is 0.330 e. The third kappa shape index (κ3) is 4.32. The van der Waals surface area contributed by atoms with Crippen molar-refractivity contribution < 1.29 is 0 Å². The predicted molar refractivity (Wildman–Crippen MR) is 106 cm³/mol. The van der Waals surface area contributed by atoms with Gasteiger partial charge in [0.2, 0.25) is 0 Å². The van der Waals surface area contributed by atoms with Crippen molar-refractivity contribution in [1.29, 1.82) is 0 Å². The number of aromatic nitrogens is 4. The van der Waals surface area contributed by atoms with Crippen LogP contribution in [0.3, 0.4) is 0 Å². The summed E-state index contributed by atoms with van der Waals surface area (Å²) in [5.74, 6) is 0.551. The van der Waals surface area contributed by atoms with Crippen molar-refractivity contribution in [2.24, 2.45) is 5.92 Å². The first-order chi connectivity index (χ1) is 12.9. The van der Waals surface area contributed by atoms with E-state index in [1.54, 1.807) is 17.0 Å². The van der Waals surface area contributed by atoms with Crippen molar-refractivity contribution in [2.45, 2.75) is 71.0 Å². The fourth-order valence-corrected chi connectivity index (χ4v) is 3.94. The molecule has 1 saturated heterocycles. The summed E-state index contributed by atoms with van der Waals surface area (Å²) in [5.41, 5.74) is 2.20. The lowest BCUT2D eigenvalue weighted by molar-refractivity contribution is 0.163. The molecular weight excluding hydrogens is 338 g/mol. The maximum Gasteiger partial charge on any atom is 0.253 e. The minimum Gasteiger partial charge on any atom is -0.330 e. The zero-order valence-electron chi connectivity index (χ0n) is 16.8. The lowest BCUT2D eigenvalue weighted by atomic mass is 9.92. The first-order valence-corrected chi connectivity index (χ1v) is 10.2. The van der Waals surface area contributed by atoms with Crippen LogP contribution in [0, 0.1) is 5.92 Å². The molecule has 1 aliphatic heterocycles. The summed E-state index contributed by atoms with van der Waals surface area (Å²) in [6, 6.07) is 2.39. The molecule has 0 N–H and O–H groups in total. The molecule has 0 spiro atoms. The average molecular weight is 370 g/mol. The summed E-state index contributed by atoms with van der Waals surface area (Å²) in [6.07, 6.45) is 10.6. The van der Waals surface area contributed by atoms with Gasteiger partial charge in [-0.2, -0.15) is 0 Å². The minimum atomic E-state index is -0.0867. The van der Waals surface area contributed by atoms with Gasteiger partial charge in [0.05, 0.1) is 24.0 Å². The Bertz CT molecular complexity index is 835. The van der Waals surface area contributed by atoms with Crippen molar-refractivity contribution >= 4 is 0 Å². The number of imidazole rings is 1. The van der Waals surface area contributed by atoms with E-state index in [1.807, 2.05) is 12.5 Å². The summed E-state index contributed by atoms with van der Waals surface area (Å²) in [5, 5.41) is 0. The van der Waals surface area contributed by atoms with Gasteiger partial charge in [-0.15, -0.1) is 0 Å². The Morgan fingerprint density at radius 2 is 1.85 bits per heavy atom. The number of hydrogen-bond acceptors (Lipinski definition) is 4. The molecule has 4 rings (SSSR count). The molecule has 0 bridgehead atoms. The number of nitrogens with zero attached hydrogens (tertiary/aromatic N) is 5. The van der Waals surface area contributed by atoms with Crippen LogP contribution in [0.4, 0.5) is 0 Å². The van der Waals surface area contributed by atoms with Crippen LogP contribution >= 0.6 is 0 Å². The van der Waals surface area contributed by atoms with Crippen molar-refractivity contribution in [3.05, 3.63) is 46.7 Å². The Balaban J connectivity index is 1.32. The van der Waals surface area contributed by atoms with Crippen LogP contribution in [0.1, 0.15) is 63.9 Å². The Morgan fingerprint density at radius 1 is 1.11 bits per heavy atom. The van der Waals surface area contributed by atoms with Crippen LogP contribution in [-0.2, 0) is 18.5 Å². The lowest BCUT2D eigenvalue weighted by Gasteiger charge is -2.32. The Hall–Kier alpha value is -1.95. The molecule has 1 aliphatic carbocycles. The van der Waals surface area contributed by atoms with E-state index in [1.165, 1.54) is 18.5 Å². The van der Waals surface area contributed by atoms with E-state index >= 15 is 0 Å². The number of hydrogen-bond donors (Lipinski definition) is 0. The third-order valence-electron chi connectivity index (χ3n) is 5.88. The average Bonchev–Trinajstić information content (AvgIpc) is 3.37. The summed E-state index contributed by atoms with van der Waals surface area (Å²) in [6.45, 7) is 10.2. The van der Waals surface area contributed by atoms with Gasteiger partial charge in [0, 0.05) is 36.8 Å². The maximum absolute atomic E-state index is 12.4. The summed E-state index contributed by atoms with van der Waals surface area (Å²) in [7, 11) is 0. The zero-order valence-corrected chi connectivity index (χ0v) is 16.8. The summed E-state index contributed by atoms with van der Waals surface area (Å²) < 4.78 is 4.14. The van der Waals surface area contributed by atoms with E-state index in [0.29, 0.717) is 12.0 Å². The van der Waals surface area contributed by atoms with Crippen LogP contribution in [-0.4, -0.2) is 37.1 Å². The highest BCUT2D eigenvalue weighted by Gasteiger charge is 2.27. The predicted octanol–water partition coefficient (Wildman–Crippen LogP) is 2.98. The van der Waals surface area contributed by atoms with Gasteiger partial charge in [-0.05, 0) is 44.7 Å². The van der Waals surface area contributed by atoms with Gasteiger partial charge in [0.15, 0.2) is 0 Å². The Kier molecular flexibility index (Phi) is 4.93. The molecule has 6 nitrogen and oxygen atoms in total. The highest BCUT2D eigenvalue weighted by atomic mass is 16.1. The first kappa shape index (κ1) is 18.4. The van der Waals surface area contributed by atoms with Crippen molar-refractivity contribution in [1.82, 2.24) is 24.0 Å². The smallest absolute Gasteiger partial charge is 0.253 e. The van der Waals surface area contributed by atoms with Gasteiger partial charge in [-0.1, -0.05) is 20.8 Å². The molecule has 0 unspecified atom stereocenters. The molecule has 6 heteroatoms. The summed E-state index contributed by atoms with van der Waals surface area (Å²) in [4.78, 5) is 23.8. The van der Waals surface area contributed by atoms with Gasteiger partial charge in [-0.25, -0.2) is 9.97 Å². The van der Waals surface area contributed by atoms with E-state index in [9.17, 15) is 4.79 Å².